The summed E-state index contributed by atoms with van der Waals surface area (Å²) in [4.78, 5) is 32.3. The summed E-state index contributed by atoms with van der Waals surface area (Å²) in [5.41, 5.74) is 4.25. The van der Waals surface area contributed by atoms with E-state index in [2.05, 4.69) is 5.32 Å². The van der Waals surface area contributed by atoms with Crippen molar-refractivity contribution in [1.82, 2.24) is 14.9 Å². The molecular formula is C31H27N3O2. The Morgan fingerprint density at radius 2 is 1.33 bits per heavy atom. The lowest BCUT2D eigenvalue weighted by molar-refractivity contribution is -0.124. The highest BCUT2D eigenvalue weighted by molar-refractivity contribution is 5.84. The number of amides is 1. The normalized spacial score (nSPS) is 11.8. The molecule has 5 heteroatoms. The molecule has 5 nitrogen and oxygen atoms in total. The minimum absolute atomic E-state index is 0.188. The van der Waals surface area contributed by atoms with Crippen molar-refractivity contribution in [3.8, 4) is 11.3 Å². The van der Waals surface area contributed by atoms with Gasteiger partial charge >= 0.3 is 0 Å². The van der Waals surface area contributed by atoms with Crippen molar-refractivity contribution in [1.29, 1.82) is 0 Å². The Balaban J connectivity index is 1.59. The molecule has 5 aromatic rings. The molecule has 5 rings (SSSR count). The Kier molecular flexibility index (Phi) is 6.99. The zero-order valence-electron chi connectivity index (χ0n) is 19.9. The molecule has 1 N–H and O–H groups in total. The van der Waals surface area contributed by atoms with Crippen LogP contribution in [0.5, 0.6) is 0 Å². The number of nitrogens with one attached hydrogen (secondary N) is 1. The van der Waals surface area contributed by atoms with Gasteiger partial charge in [0.25, 0.3) is 5.56 Å². The van der Waals surface area contributed by atoms with Gasteiger partial charge in [-0.1, -0.05) is 103 Å². The summed E-state index contributed by atoms with van der Waals surface area (Å²) in [6.45, 7) is 0.394. The number of nitrogens with zero attached hydrogens (tertiary/aromatic N) is 2. The first-order chi connectivity index (χ1) is 17.7. The van der Waals surface area contributed by atoms with Gasteiger partial charge < -0.3 is 5.32 Å². The van der Waals surface area contributed by atoms with E-state index in [1.165, 1.54) is 0 Å². The summed E-state index contributed by atoms with van der Waals surface area (Å²) in [5, 5.41) is 3.07. The fourth-order valence-electron chi connectivity index (χ4n) is 4.48. The van der Waals surface area contributed by atoms with Crippen LogP contribution in [0.4, 0.5) is 0 Å². The number of hydrogen-bond donors (Lipinski definition) is 1. The number of aromatic nitrogens is 2. The molecule has 0 saturated heterocycles. The number of carbonyl (C=O) groups excluding carboxylic acids is 1. The Bertz CT molecular complexity index is 1510. The van der Waals surface area contributed by atoms with Gasteiger partial charge in [0.05, 0.1) is 11.0 Å². The standard InChI is InChI=1S/C31H27N3O2/c35-30(32-22-24-14-6-2-7-15-24)28(21-20-23-12-4-1-5-13-23)34-27-19-11-10-18-26(27)33-29(31(34)36)25-16-8-3-9-17-25/h1-19,28H,20-22H2,(H,32,35). The van der Waals surface area contributed by atoms with Crippen LogP contribution >= 0.6 is 0 Å². The van der Waals surface area contributed by atoms with Crippen LogP contribution in [-0.4, -0.2) is 15.5 Å². The molecule has 1 amide bonds. The minimum atomic E-state index is -0.697. The lowest BCUT2D eigenvalue weighted by atomic mass is 10.0. The van der Waals surface area contributed by atoms with Crippen molar-refractivity contribution in [2.24, 2.45) is 0 Å². The largest absolute Gasteiger partial charge is 0.350 e. The molecule has 36 heavy (non-hydrogen) atoms. The van der Waals surface area contributed by atoms with E-state index in [0.29, 0.717) is 36.1 Å². The molecular weight excluding hydrogens is 446 g/mol. The highest BCUT2D eigenvalue weighted by atomic mass is 16.2. The summed E-state index contributed by atoms with van der Waals surface area (Å²) in [6.07, 6.45) is 1.14. The molecule has 0 aliphatic heterocycles. The van der Waals surface area contributed by atoms with E-state index in [0.717, 1.165) is 16.7 Å². The summed E-state index contributed by atoms with van der Waals surface area (Å²) < 4.78 is 1.63. The van der Waals surface area contributed by atoms with Crippen molar-refractivity contribution in [2.45, 2.75) is 25.4 Å². The number of hydrogen-bond acceptors (Lipinski definition) is 3. The van der Waals surface area contributed by atoms with Gasteiger partial charge in [0, 0.05) is 12.1 Å². The number of rotatable bonds is 8. The second-order valence-corrected chi connectivity index (χ2v) is 8.73. The monoisotopic (exact) mass is 473 g/mol. The highest BCUT2D eigenvalue weighted by Crippen LogP contribution is 2.23. The van der Waals surface area contributed by atoms with Gasteiger partial charge in [-0.25, -0.2) is 4.98 Å². The van der Waals surface area contributed by atoms with E-state index >= 15 is 0 Å². The quantitative estimate of drug-likeness (QED) is 0.321. The third-order valence-electron chi connectivity index (χ3n) is 6.32. The first-order valence-electron chi connectivity index (χ1n) is 12.1. The number of fused-ring (bicyclic) bond motifs is 1. The second-order valence-electron chi connectivity index (χ2n) is 8.73. The average molecular weight is 474 g/mol. The third-order valence-corrected chi connectivity index (χ3v) is 6.32. The maximum atomic E-state index is 13.9. The number of para-hydroxylation sites is 2. The van der Waals surface area contributed by atoms with Gasteiger partial charge in [0.15, 0.2) is 0 Å². The van der Waals surface area contributed by atoms with Crippen LogP contribution in [0.15, 0.2) is 120 Å². The van der Waals surface area contributed by atoms with Gasteiger partial charge in [0.2, 0.25) is 5.91 Å². The predicted molar refractivity (Wildman–Crippen MR) is 144 cm³/mol. The minimum Gasteiger partial charge on any atom is -0.350 e. The van der Waals surface area contributed by atoms with Gasteiger partial charge in [-0.05, 0) is 36.1 Å². The molecule has 1 unspecified atom stereocenters. The van der Waals surface area contributed by atoms with Crippen LogP contribution in [0.3, 0.4) is 0 Å². The van der Waals surface area contributed by atoms with Crippen molar-refractivity contribution in [3.63, 3.8) is 0 Å². The molecule has 0 aliphatic rings. The highest BCUT2D eigenvalue weighted by Gasteiger charge is 2.25. The molecule has 0 bridgehead atoms. The van der Waals surface area contributed by atoms with E-state index in [1.807, 2.05) is 115 Å². The van der Waals surface area contributed by atoms with Crippen molar-refractivity contribution >= 4 is 16.9 Å². The Labute approximate surface area is 210 Å². The first kappa shape index (κ1) is 23.2. The lowest BCUT2D eigenvalue weighted by Crippen LogP contribution is -2.38. The van der Waals surface area contributed by atoms with E-state index < -0.39 is 6.04 Å². The van der Waals surface area contributed by atoms with Gasteiger partial charge in [-0.15, -0.1) is 0 Å². The van der Waals surface area contributed by atoms with E-state index in [4.69, 9.17) is 4.98 Å². The van der Waals surface area contributed by atoms with E-state index in [1.54, 1.807) is 4.57 Å². The summed E-state index contributed by atoms with van der Waals surface area (Å²) in [5.74, 6) is -0.188. The van der Waals surface area contributed by atoms with Crippen LogP contribution in [0.1, 0.15) is 23.6 Å². The van der Waals surface area contributed by atoms with Crippen LogP contribution in [0.2, 0.25) is 0 Å². The first-order valence-corrected chi connectivity index (χ1v) is 12.1. The van der Waals surface area contributed by atoms with Crippen LogP contribution in [-0.2, 0) is 17.8 Å². The SMILES string of the molecule is O=C(NCc1ccccc1)C(CCc1ccccc1)n1c(=O)c(-c2ccccc2)nc2ccccc21. The molecule has 0 spiro atoms. The molecule has 4 aromatic carbocycles. The molecule has 1 aromatic heterocycles. The van der Waals surface area contributed by atoms with Crippen molar-refractivity contribution in [2.75, 3.05) is 0 Å². The van der Waals surface area contributed by atoms with Gasteiger partial charge in [-0.3, -0.25) is 14.2 Å². The van der Waals surface area contributed by atoms with Crippen molar-refractivity contribution in [3.05, 3.63) is 137 Å². The number of aryl methyl sites for hydroxylation is 1. The zero-order valence-corrected chi connectivity index (χ0v) is 19.9. The average Bonchev–Trinajstić information content (AvgIpc) is 2.94. The molecule has 0 aliphatic carbocycles. The van der Waals surface area contributed by atoms with E-state index in [9.17, 15) is 9.59 Å². The topological polar surface area (TPSA) is 64.0 Å². The lowest BCUT2D eigenvalue weighted by Gasteiger charge is -2.22. The molecule has 0 saturated carbocycles. The zero-order chi connectivity index (χ0) is 24.7. The van der Waals surface area contributed by atoms with Crippen LogP contribution < -0.4 is 10.9 Å². The van der Waals surface area contributed by atoms with Crippen LogP contribution in [0, 0.1) is 0 Å². The second kappa shape index (κ2) is 10.8. The molecule has 0 fully saturated rings. The van der Waals surface area contributed by atoms with E-state index in [-0.39, 0.29) is 11.5 Å². The smallest absolute Gasteiger partial charge is 0.278 e. The van der Waals surface area contributed by atoms with Crippen LogP contribution in [0.25, 0.3) is 22.3 Å². The molecule has 0 radical (unpaired) electrons. The fraction of sp³-hybridized carbons (Fsp3) is 0.129. The predicted octanol–water partition coefficient (Wildman–Crippen LogP) is 5.55. The summed E-state index contributed by atoms with van der Waals surface area (Å²) in [6, 6.07) is 36.1. The Morgan fingerprint density at radius 1 is 0.750 bits per heavy atom. The third kappa shape index (κ3) is 5.10. The Morgan fingerprint density at radius 3 is 2.03 bits per heavy atom. The Hall–Kier alpha value is -4.51. The fourth-order valence-corrected chi connectivity index (χ4v) is 4.48. The van der Waals surface area contributed by atoms with Crippen molar-refractivity contribution < 1.29 is 4.79 Å². The molecule has 1 atom stereocenters. The molecule has 178 valence electrons. The van der Waals surface area contributed by atoms with Gasteiger partial charge in [0.1, 0.15) is 11.7 Å². The number of carbonyl (C=O) groups is 1. The number of benzene rings is 4. The summed E-state index contributed by atoms with van der Waals surface area (Å²) >= 11 is 0. The summed E-state index contributed by atoms with van der Waals surface area (Å²) in [7, 11) is 0. The van der Waals surface area contributed by atoms with Gasteiger partial charge in [-0.2, -0.15) is 0 Å². The maximum Gasteiger partial charge on any atom is 0.278 e. The maximum absolute atomic E-state index is 13.9. The molecule has 1 heterocycles.